The minimum absolute atomic E-state index is 0.158. The Morgan fingerprint density at radius 3 is 2.36 bits per heavy atom. The van der Waals surface area contributed by atoms with Crippen LogP contribution in [0.2, 0.25) is 0 Å². The first kappa shape index (κ1) is 18.3. The standard InChI is InChI=1S/C17H22N4O4/c1-19-13(10-16(23)20(2)17(19)24)11-21(9-8-15(18)22)12-4-6-14(25-3)7-5-12/h4-7,10H,8-9,11H2,1-3H3,(H2,18,22). The van der Waals surface area contributed by atoms with Crippen LogP contribution >= 0.6 is 0 Å². The lowest BCUT2D eigenvalue weighted by atomic mass is 10.2. The predicted octanol–water partition coefficient (Wildman–Crippen LogP) is -0.0254. The molecule has 0 spiro atoms. The first-order valence-corrected chi connectivity index (χ1v) is 7.76. The van der Waals surface area contributed by atoms with Gasteiger partial charge in [-0.1, -0.05) is 0 Å². The van der Waals surface area contributed by atoms with Gasteiger partial charge in [0.1, 0.15) is 5.75 Å². The van der Waals surface area contributed by atoms with Gasteiger partial charge < -0.3 is 15.4 Å². The molecule has 25 heavy (non-hydrogen) atoms. The minimum atomic E-state index is -0.420. The molecule has 0 saturated heterocycles. The summed E-state index contributed by atoms with van der Waals surface area (Å²) in [5.74, 6) is 0.288. The van der Waals surface area contributed by atoms with Crippen molar-refractivity contribution in [1.82, 2.24) is 9.13 Å². The monoisotopic (exact) mass is 346 g/mol. The SMILES string of the molecule is COc1ccc(N(CCC(N)=O)Cc2cc(=O)n(C)c(=O)n2C)cc1. The van der Waals surface area contributed by atoms with Crippen LogP contribution in [0.25, 0.3) is 0 Å². The molecule has 1 aromatic heterocycles. The second-order valence-corrected chi connectivity index (χ2v) is 5.71. The second-order valence-electron chi connectivity index (χ2n) is 5.71. The van der Waals surface area contributed by atoms with Crippen LogP contribution in [0.4, 0.5) is 5.69 Å². The first-order valence-electron chi connectivity index (χ1n) is 7.76. The largest absolute Gasteiger partial charge is 0.497 e. The van der Waals surface area contributed by atoms with Gasteiger partial charge >= 0.3 is 5.69 Å². The Hall–Kier alpha value is -3.03. The molecule has 2 N–H and O–H groups in total. The normalized spacial score (nSPS) is 10.5. The molecule has 0 fully saturated rings. The summed E-state index contributed by atoms with van der Waals surface area (Å²) in [6.45, 7) is 0.659. The van der Waals surface area contributed by atoms with Gasteiger partial charge in [0, 0.05) is 44.5 Å². The second kappa shape index (κ2) is 7.69. The van der Waals surface area contributed by atoms with E-state index in [9.17, 15) is 14.4 Å². The fourth-order valence-corrected chi connectivity index (χ4v) is 2.46. The molecule has 134 valence electrons. The molecule has 0 unspecified atom stereocenters. The molecule has 0 saturated carbocycles. The lowest BCUT2D eigenvalue weighted by Crippen LogP contribution is -2.40. The molecule has 0 aliphatic carbocycles. The van der Waals surface area contributed by atoms with E-state index in [0.717, 1.165) is 10.3 Å². The van der Waals surface area contributed by atoms with Gasteiger partial charge in [0.05, 0.1) is 13.7 Å². The Balaban J connectivity index is 2.37. The summed E-state index contributed by atoms with van der Waals surface area (Å²) >= 11 is 0. The van der Waals surface area contributed by atoms with Crippen LogP contribution in [-0.2, 0) is 25.4 Å². The van der Waals surface area contributed by atoms with E-state index < -0.39 is 11.6 Å². The molecule has 1 aromatic carbocycles. The highest BCUT2D eigenvalue weighted by Gasteiger charge is 2.13. The van der Waals surface area contributed by atoms with Crippen molar-refractivity contribution in [2.45, 2.75) is 13.0 Å². The summed E-state index contributed by atoms with van der Waals surface area (Å²) in [6.07, 6.45) is 0.158. The van der Waals surface area contributed by atoms with Gasteiger partial charge in [0.25, 0.3) is 5.56 Å². The Bertz CT molecular complexity index is 868. The van der Waals surface area contributed by atoms with Crippen molar-refractivity contribution < 1.29 is 9.53 Å². The molecule has 8 nitrogen and oxygen atoms in total. The van der Waals surface area contributed by atoms with E-state index in [1.807, 2.05) is 17.0 Å². The Kier molecular flexibility index (Phi) is 5.63. The Labute approximate surface area is 145 Å². The number of ether oxygens (including phenoxy) is 1. The summed E-state index contributed by atoms with van der Waals surface area (Å²) in [6, 6.07) is 8.71. The van der Waals surface area contributed by atoms with Crippen molar-refractivity contribution in [3.63, 3.8) is 0 Å². The van der Waals surface area contributed by atoms with Gasteiger partial charge in [-0.2, -0.15) is 0 Å². The van der Waals surface area contributed by atoms with Gasteiger partial charge in [-0.25, -0.2) is 4.79 Å². The molecular formula is C17H22N4O4. The van der Waals surface area contributed by atoms with E-state index in [2.05, 4.69) is 0 Å². The van der Waals surface area contributed by atoms with E-state index >= 15 is 0 Å². The van der Waals surface area contributed by atoms with Gasteiger partial charge in [-0.05, 0) is 24.3 Å². The van der Waals surface area contributed by atoms with Gasteiger partial charge in [0.15, 0.2) is 0 Å². The zero-order valence-electron chi connectivity index (χ0n) is 14.6. The van der Waals surface area contributed by atoms with Gasteiger partial charge in [0.2, 0.25) is 5.91 Å². The number of benzene rings is 1. The third kappa shape index (κ3) is 4.28. The molecule has 0 radical (unpaired) electrons. The van der Waals surface area contributed by atoms with Crippen LogP contribution in [0.3, 0.4) is 0 Å². The highest BCUT2D eigenvalue weighted by molar-refractivity contribution is 5.74. The third-order valence-corrected chi connectivity index (χ3v) is 4.04. The summed E-state index contributed by atoms with van der Waals surface area (Å²) in [4.78, 5) is 37.1. The molecule has 8 heteroatoms. The van der Waals surface area contributed by atoms with Crippen molar-refractivity contribution in [2.75, 3.05) is 18.6 Å². The van der Waals surface area contributed by atoms with Crippen molar-refractivity contribution >= 4 is 11.6 Å². The molecular weight excluding hydrogens is 324 g/mol. The predicted molar refractivity (Wildman–Crippen MR) is 94.8 cm³/mol. The number of hydrogen-bond donors (Lipinski definition) is 1. The summed E-state index contributed by atoms with van der Waals surface area (Å²) in [5, 5.41) is 0. The number of carbonyl (C=O) groups is 1. The fourth-order valence-electron chi connectivity index (χ4n) is 2.46. The Morgan fingerprint density at radius 2 is 1.80 bits per heavy atom. The number of nitrogens with two attached hydrogens (primary N) is 1. The van der Waals surface area contributed by atoms with Gasteiger partial charge in [-0.15, -0.1) is 0 Å². The maximum absolute atomic E-state index is 12.1. The molecule has 1 heterocycles. The zero-order chi connectivity index (χ0) is 18.6. The lowest BCUT2D eigenvalue weighted by molar-refractivity contribution is -0.117. The fraction of sp³-hybridized carbons (Fsp3) is 0.353. The zero-order valence-corrected chi connectivity index (χ0v) is 14.6. The average molecular weight is 346 g/mol. The molecule has 0 aliphatic heterocycles. The number of nitrogens with zero attached hydrogens (tertiary/aromatic N) is 3. The minimum Gasteiger partial charge on any atom is -0.497 e. The van der Waals surface area contributed by atoms with E-state index in [-0.39, 0.29) is 12.0 Å². The van der Waals surface area contributed by atoms with Crippen LogP contribution < -0.4 is 26.6 Å². The topological polar surface area (TPSA) is 99.6 Å². The smallest absolute Gasteiger partial charge is 0.330 e. The number of aromatic nitrogens is 2. The van der Waals surface area contributed by atoms with Crippen molar-refractivity contribution in [2.24, 2.45) is 19.8 Å². The molecule has 2 rings (SSSR count). The number of hydrogen-bond acceptors (Lipinski definition) is 5. The molecule has 1 amide bonds. The van der Waals surface area contributed by atoms with Crippen LogP contribution in [0, 0.1) is 0 Å². The number of anilines is 1. The van der Waals surface area contributed by atoms with Crippen molar-refractivity contribution in [1.29, 1.82) is 0 Å². The molecule has 0 atom stereocenters. The number of rotatable bonds is 7. The summed E-state index contributed by atoms with van der Waals surface area (Å²) in [5.41, 5.74) is 5.87. The van der Waals surface area contributed by atoms with Crippen LogP contribution in [0.15, 0.2) is 39.9 Å². The number of methoxy groups -OCH3 is 1. The first-order chi connectivity index (χ1) is 11.8. The molecule has 2 aromatic rings. The van der Waals surface area contributed by atoms with Crippen molar-refractivity contribution in [3.8, 4) is 5.75 Å². The quantitative estimate of drug-likeness (QED) is 0.759. The van der Waals surface area contributed by atoms with E-state index in [1.165, 1.54) is 17.7 Å². The lowest BCUT2D eigenvalue weighted by Gasteiger charge is -2.25. The molecule has 0 aliphatic rings. The van der Waals surface area contributed by atoms with Crippen LogP contribution in [0.5, 0.6) is 5.75 Å². The average Bonchev–Trinajstić information content (AvgIpc) is 2.61. The maximum atomic E-state index is 12.1. The highest BCUT2D eigenvalue weighted by atomic mass is 16.5. The van der Waals surface area contributed by atoms with Crippen molar-refractivity contribution in [3.05, 3.63) is 56.9 Å². The third-order valence-electron chi connectivity index (χ3n) is 4.04. The Morgan fingerprint density at radius 1 is 1.16 bits per heavy atom. The number of primary amides is 1. The molecule has 0 bridgehead atoms. The number of amides is 1. The maximum Gasteiger partial charge on any atom is 0.330 e. The van der Waals surface area contributed by atoms with Crippen LogP contribution in [-0.4, -0.2) is 28.7 Å². The summed E-state index contributed by atoms with van der Waals surface area (Å²) in [7, 11) is 4.62. The van der Waals surface area contributed by atoms with E-state index in [1.54, 1.807) is 26.3 Å². The number of carbonyl (C=O) groups excluding carboxylic acids is 1. The van der Waals surface area contributed by atoms with E-state index in [0.29, 0.717) is 24.5 Å². The highest BCUT2D eigenvalue weighted by Crippen LogP contribution is 2.21. The van der Waals surface area contributed by atoms with E-state index in [4.69, 9.17) is 10.5 Å². The van der Waals surface area contributed by atoms with Gasteiger partial charge in [-0.3, -0.25) is 18.7 Å². The van der Waals surface area contributed by atoms with Crippen LogP contribution in [0.1, 0.15) is 12.1 Å². The summed E-state index contributed by atoms with van der Waals surface area (Å²) < 4.78 is 7.61.